The Hall–Kier alpha value is -2.01. The largest absolute Gasteiger partial charge is 0.383 e. The van der Waals surface area contributed by atoms with E-state index in [1.54, 1.807) is 12.1 Å². The van der Waals surface area contributed by atoms with Gasteiger partial charge in [-0.05, 0) is 49.6 Å². The molecule has 4 nitrogen and oxygen atoms in total. The molecule has 0 saturated heterocycles. The van der Waals surface area contributed by atoms with Crippen molar-refractivity contribution in [2.45, 2.75) is 32.7 Å². The van der Waals surface area contributed by atoms with E-state index in [-0.39, 0.29) is 5.75 Å². The van der Waals surface area contributed by atoms with Crippen LogP contribution in [0.15, 0.2) is 54.6 Å². The summed E-state index contributed by atoms with van der Waals surface area (Å²) >= 11 is 0. The fraction of sp³-hybridized carbons (Fsp3) is 0.333. The second kappa shape index (κ2) is 8.02. The van der Waals surface area contributed by atoms with Gasteiger partial charge in [-0.3, -0.25) is 4.72 Å². The number of hydrogen-bond donors (Lipinski definition) is 2. The molecular weight excluding hydrogens is 308 g/mol. The number of hydrogen-bond acceptors (Lipinski definition) is 3. The first kappa shape index (κ1) is 17.3. The number of aryl methyl sites for hydroxylation is 1. The highest BCUT2D eigenvalue weighted by Crippen LogP contribution is 2.16. The van der Waals surface area contributed by atoms with E-state index in [9.17, 15) is 8.42 Å². The molecule has 0 fully saturated rings. The lowest BCUT2D eigenvalue weighted by Crippen LogP contribution is -2.18. The Morgan fingerprint density at radius 3 is 2.17 bits per heavy atom. The fourth-order valence-electron chi connectivity index (χ4n) is 2.15. The van der Waals surface area contributed by atoms with E-state index < -0.39 is 10.0 Å². The molecule has 1 unspecified atom stereocenters. The topological polar surface area (TPSA) is 58.2 Å². The molecule has 124 valence electrons. The standard InChI is InChI=1S/C18H24N2O2S/c1-3-15(2)19-17-9-11-18(12-10-17)20-23(21,22)14-13-16-7-5-4-6-8-16/h4-12,15,19-20H,3,13-14H2,1-2H3. The average molecular weight is 332 g/mol. The van der Waals surface area contributed by atoms with Crippen molar-refractivity contribution >= 4 is 21.4 Å². The Balaban J connectivity index is 1.92. The molecule has 5 heteroatoms. The van der Waals surface area contributed by atoms with Gasteiger partial charge in [0.25, 0.3) is 0 Å². The summed E-state index contributed by atoms with van der Waals surface area (Å²) in [5.74, 6) is 0.0733. The summed E-state index contributed by atoms with van der Waals surface area (Å²) in [6, 6.07) is 17.4. The van der Waals surface area contributed by atoms with E-state index in [1.165, 1.54) is 0 Å². The summed E-state index contributed by atoms with van der Waals surface area (Å²) in [5, 5.41) is 3.35. The minimum atomic E-state index is -3.34. The lowest BCUT2D eigenvalue weighted by molar-refractivity contribution is 0.600. The highest BCUT2D eigenvalue weighted by Gasteiger charge is 2.10. The molecule has 0 saturated carbocycles. The molecule has 0 aliphatic rings. The number of rotatable bonds is 8. The maximum absolute atomic E-state index is 12.2. The lowest BCUT2D eigenvalue weighted by atomic mass is 10.2. The Morgan fingerprint density at radius 2 is 1.57 bits per heavy atom. The molecule has 23 heavy (non-hydrogen) atoms. The van der Waals surface area contributed by atoms with Crippen LogP contribution in [-0.4, -0.2) is 20.2 Å². The molecule has 2 aromatic rings. The number of benzene rings is 2. The quantitative estimate of drug-likeness (QED) is 0.771. The summed E-state index contributed by atoms with van der Waals surface area (Å²) in [6.07, 6.45) is 1.54. The monoisotopic (exact) mass is 332 g/mol. The van der Waals surface area contributed by atoms with Crippen molar-refractivity contribution in [3.8, 4) is 0 Å². The second-order valence-electron chi connectivity index (χ2n) is 5.69. The maximum atomic E-state index is 12.2. The minimum Gasteiger partial charge on any atom is -0.383 e. The minimum absolute atomic E-state index is 0.0733. The first-order valence-corrected chi connectivity index (χ1v) is 9.55. The average Bonchev–Trinajstić information content (AvgIpc) is 2.55. The van der Waals surface area contributed by atoms with Crippen LogP contribution in [0.5, 0.6) is 0 Å². The van der Waals surface area contributed by atoms with Gasteiger partial charge in [-0.25, -0.2) is 8.42 Å². The van der Waals surface area contributed by atoms with Crippen molar-refractivity contribution < 1.29 is 8.42 Å². The molecule has 2 N–H and O–H groups in total. The molecule has 2 aromatic carbocycles. The molecule has 0 spiro atoms. The van der Waals surface area contributed by atoms with Gasteiger partial charge in [0.05, 0.1) is 5.75 Å². The number of anilines is 2. The van der Waals surface area contributed by atoms with Gasteiger partial charge < -0.3 is 5.32 Å². The van der Waals surface area contributed by atoms with Crippen LogP contribution in [0, 0.1) is 0 Å². The van der Waals surface area contributed by atoms with E-state index in [2.05, 4.69) is 23.9 Å². The molecule has 0 aliphatic carbocycles. The number of nitrogens with one attached hydrogen (secondary N) is 2. The summed E-state index contributed by atoms with van der Waals surface area (Å²) in [5.41, 5.74) is 2.60. The van der Waals surface area contributed by atoms with Crippen molar-refractivity contribution in [3.63, 3.8) is 0 Å². The van der Waals surface area contributed by atoms with Crippen LogP contribution in [0.4, 0.5) is 11.4 Å². The van der Waals surface area contributed by atoms with Gasteiger partial charge in [-0.15, -0.1) is 0 Å². The first-order valence-electron chi connectivity index (χ1n) is 7.89. The molecular formula is C18H24N2O2S. The van der Waals surface area contributed by atoms with Gasteiger partial charge in [-0.2, -0.15) is 0 Å². The molecule has 0 aliphatic heterocycles. The van der Waals surface area contributed by atoms with E-state index in [0.717, 1.165) is 17.7 Å². The van der Waals surface area contributed by atoms with Crippen LogP contribution in [0.25, 0.3) is 0 Å². The smallest absolute Gasteiger partial charge is 0.233 e. The van der Waals surface area contributed by atoms with Crippen molar-refractivity contribution in [2.24, 2.45) is 0 Å². The van der Waals surface area contributed by atoms with Crippen LogP contribution < -0.4 is 10.0 Å². The molecule has 0 aromatic heterocycles. The highest BCUT2D eigenvalue weighted by atomic mass is 32.2. The summed E-state index contributed by atoms with van der Waals surface area (Å²) in [4.78, 5) is 0. The van der Waals surface area contributed by atoms with Crippen molar-refractivity contribution in [1.82, 2.24) is 0 Å². The first-order chi connectivity index (χ1) is 11.0. The molecule has 2 rings (SSSR count). The van der Waals surface area contributed by atoms with Crippen molar-refractivity contribution in [1.29, 1.82) is 0 Å². The van der Waals surface area contributed by atoms with Gasteiger partial charge in [-0.1, -0.05) is 37.3 Å². The van der Waals surface area contributed by atoms with E-state index in [1.807, 2.05) is 42.5 Å². The summed E-state index contributed by atoms with van der Waals surface area (Å²) < 4.78 is 26.9. The SMILES string of the molecule is CCC(C)Nc1ccc(NS(=O)(=O)CCc2ccccc2)cc1. The van der Waals surface area contributed by atoms with Crippen LogP contribution in [0.3, 0.4) is 0 Å². The predicted octanol–water partition coefficient (Wildman–Crippen LogP) is 3.88. The van der Waals surface area contributed by atoms with Crippen LogP contribution >= 0.6 is 0 Å². The molecule has 0 heterocycles. The third kappa shape index (κ3) is 5.94. The Bertz CT molecular complexity index is 698. The predicted molar refractivity (Wildman–Crippen MR) is 97.4 cm³/mol. The summed E-state index contributed by atoms with van der Waals surface area (Å²) in [6.45, 7) is 4.23. The highest BCUT2D eigenvalue weighted by molar-refractivity contribution is 7.92. The fourth-order valence-corrected chi connectivity index (χ4v) is 3.25. The normalized spacial score (nSPS) is 12.6. The Kier molecular flexibility index (Phi) is 6.04. The zero-order valence-electron chi connectivity index (χ0n) is 13.6. The molecule has 0 amide bonds. The zero-order chi connectivity index (χ0) is 16.7. The van der Waals surface area contributed by atoms with E-state index in [4.69, 9.17) is 0 Å². The van der Waals surface area contributed by atoms with Gasteiger partial charge in [0.15, 0.2) is 0 Å². The maximum Gasteiger partial charge on any atom is 0.233 e. The zero-order valence-corrected chi connectivity index (χ0v) is 14.4. The van der Waals surface area contributed by atoms with Gasteiger partial charge in [0, 0.05) is 17.4 Å². The third-order valence-corrected chi connectivity index (χ3v) is 4.97. The molecule has 0 bridgehead atoms. The second-order valence-corrected chi connectivity index (χ2v) is 7.53. The number of sulfonamides is 1. The third-order valence-electron chi connectivity index (χ3n) is 3.69. The Labute approximate surface area is 139 Å². The van der Waals surface area contributed by atoms with Crippen LogP contribution in [0.2, 0.25) is 0 Å². The molecule has 1 atom stereocenters. The summed E-state index contributed by atoms with van der Waals surface area (Å²) in [7, 11) is -3.34. The lowest BCUT2D eigenvalue weighted by Gasteiger charge is -2.14. The van der Waals surface area contributed by atoms with E-state index >= 15 is 0 Å². The van der Waals surface area contributed by atoms with Crippen LogP contribution in [-0.2, 0) is 16.4 Å². The van der Waals surface area contributed by atoms with Crippen molar-refractivity contribution in [2.75, 3.05) is 15.8 Å². The van der Waals surface area contributed by atoms with E-state index in [0.29, 0.717) is 18.2 Å². The van der Waals surface area contributed by atoms with Gasteiger partial charge >= 0.3 is 0 Å². The van der Waals surface area contributed by atoms with Crippen molar-refractivity contribution in [3.05, 3.63) is 60.2 Å². The van der Waals surface area contributed by atoms with Gasteiger partial charge in [0.1, 0.15) is 0 Å². The molecule has 0 radical (unpaired) electrons. The Morgan fingerprint density at radius 1 is 0.957 bits per heavy atom. The van der Waals surface area contributed by atoms with Crippen LogP contribution in [0.1, 0.15) is 25.8 Å². The van der Waals surface area contributed by atoms with Gasteiger partial charge in [0.2, 0.25) is 10.0 Å².